The number of aromatic nitrogens is 1. The van der Waals surface area contributed by atoms with E-state index in [1.165, 1.54) is 6.07 Å². The molecule has 100 valence electrons. The molecule has 0 radical (unpaired) electrons. The maximum Gasteiger partial charge on any atom is 0.166 e. The van der Waals surface area contributed by atoms with Crippen LogP contribution in [-0.4, -0.2) is 4.98 Å². The molecule has 2 N–H and O–H groups in total. The first-order valence-electron chi connectivity index (χ1n) is 5.90. The lowest BCUT2D eigenvalue weighted by molar-refractivity contribution is 0.444. The van der Waals surface area contributed by atoms with Gasteiger partial charge in [-0.05, 0) is 36.4 Å². The number of rotatable bonds is 2. The molecular formula is C15H10BrFN2O. The maximum atomic E-state index is 13.8. The summed E-state index contributed by atoms with van der Waals surface area (Å²) in [5.74, 6) is 0.104. The molecular weight excluding hydrogens is 323 g/mol. The van der Waals surface area contributed by atoms with Gasteiger partial charge in [0.25, 0.3) is 0 Å². The van der Waals surface area contributed by atoms with Crippen molar-refractivity contribution < 1.29 is 9.13 Å². The van der Waals surface area contributed by atoms with E-state index in [-0.39, 0.29) is 5.75 Å². The molecule has 20 heavy (non-hydrogen) atoms. The lowest BCUT2D eigenvalue weighted by atomic mass is 10.1. The van der Waals surface area contributed by atoms with Crippen molar-refractivity contribution in [3.63, 3.8) is 0 Å². The topological polar surface area (TPSA) is 48.1 Å². The number of nitrogen functional groups attached to an aromatic ring is 1. The van der Waals surface area contributed by atoms with Gasteiger partial charge in [-0.2, -0.15) is 0 Å². The van der Waals surface area contributed by atoms with Gasteiger partial charge in [-0.15, -0.1) is 0 Å². The molecule has 1 aromatic heterocycles. The number of halogens is 2. The van der Waals surface area contributed by atoms with Crippen molar-refractivity contribution in [2.45, 2.75) is 0 Å². The normalized spacial score (nSPS) is 10.7. The Labute approximate surface area is 123 Å². The highest BCUT2D eigenvalue weighted by Gasteiger charge is 2.10. The number of ether oxygens (including phenoxy) is 1. The molecule has 0 amide bonds. The van der Waals surface area contributed by atoms with Crippen molar-refractivity contribution in [3.05, 3.63) is 59.1 Å². The summed E-state index contributed by atoms with van der Waals surface area (Å²) in [6, 6.07) is 9.95. The van der Waals surface area contributed by atoms with Crippen molar-refractivity contribution in [2.75, 3.05) is 5.73 Å². The van der Waals surface area contributed by atoms with Gasteiger partial charge in [0.15, 0.2) is 17.3 Å². The fourth-order valence-corrected chi connectivity index (χ4v) is 2.27. The van der Waals surface area contributed by atoms with Crippen LogP contribution < -0.4 is 10.5 Å². The number of anilines is 1. The van der Waals surface area contributed by atoms with E-state index in [9.17, 15) is 4.39 Å². The third kappa shape index (κ3) is 2.32. The lowest BCUT2D eigenvalue weighted by Gasteiger charge is -2.11. The molecule has 0 fully saturated rings. The molecule has 0 atom stereocenters. The second-order valence-corrected chi connectivity index (χ2v) is 5.17. The quantitative estimate of drug-likeness (QED) is 0.702. The highest BCUT2D eigenvalue weighted by atomic mass is 79.9. The molecule has 0 aliphatic heterocycles. The van der Waals surface area contributed by atoms with Gasteiger partial charge >= 0.3 is 0 Å². The zero-order chi connectivity index (χ0) is 14.1. The predicted molar refractivity (Wildman–Crippen MR) is 80.3 cm³/mol. The van der Waals surface area contributed by atoms with E-state index in [0.717, 1.165) is 10.8 Å². The third-order valence-electron chi connectivity index (χ3n) is 2.94. The van der Waals surface area contributed by atoms with E-state index in [2.05, 4.69) is 20.9 Å². The smallest absolute Gasteiger partial charge is 0.166 e. The summed E-state index contributed by atoms with van der Waals surface area (Å²) in [5, 5.41) is 1.74. The minimum absolute atomic E-state index is 0.133. The molecule has 0 saturated carbocycles. The number of hydrogen-bond acceptors (Lipinski definition) is 3. The van der Waals surface area contributed by atoms with Gasteiger partial charge < -0.3 is 10.5 Å². The van der Waals surface area contributed by atoms with Gasteiger partial charge in [0.1, 0.15) is 0 Å². The van der Waals surface area contributed by atoms with E-state index >= 15 is 0 Å². The van der Waals surface area contributed by atoms with E-state index < -0.39 is 5.82 Å². The molecule has 1 heterocycles. The number of nitrogens with zero attached hydrogens (tertiary/aromatic N) is 1. The summed E-state index contributed by atoms with van der Waals surface area (Å²) < 4.78 is 20.0. The number of fused-ring (bicyclic) bond motifs is 1. The molecule has 0 saturated heterocycles. The minimum Gasteiger partial charge on any atom is -0.452 e. The van der Waals surface area contributed by atoms with Crippen LogP contribution in [0.15, 0.2) is 53.3 Å². The van der Waals surface area contributed by atoms with Crippen LogP contribution in [0, 0.1) is 5.82 Å². The van der Waals surface area contributed by atoms with Crippen molar-refractivity contribution in [2.24, 2.45) is 0 Å². The maximum absolute atomic E-state index is 13.8. The number of nitrogens with two attached hydrogens (primary N) is 1. The number of benzene rings is 2. The fraction of sp³-hybridized carbons (Fsp3) is 0. The number of hydrogen-bond donors (Lipinski definition) is 1. The lowest BCUT2D eigenvalue weighted by Crippen LogP contribution is -1.95. The van der Waals surface area contributed by atoms with Gasteiger partial charge in [-0.25, -0.2) is 4.39 Å². The first-order chi connectivity index (χ1) is 9.65. The first-order valence-corrected chi connectivity index (χ1v) is 6.69. The molecule has 0 unspecified atom stereocenters. The van der Waals surface area contributed by atoms with Crippen molar-refractivity contribution in [3.8, 4) is 11.5 Å². The SMILES string of the molecule is Nc1c(Oc2ccc(Br)cc2F)ccc2cnccc12. The Bertz CT molecular complexity index is 792. The summed E-state index contributed by atoms with van der Waals surface area (Å²) in [4.78, 5) is 4.03. The highest BCUT2D eigenvalue weighted by molar-refractivity contribution is 9.10. The van der Waals surface area contributed by atoms with Crippen molar-refractivity contribution >= 4 is 32.4 Å². The Balaban J connectivity index is 2.04. The van der Waals surface area contributed by atoms with Crippen LogP contribution in [-0.2, 0) is 0 Å². The molecule has 3 aromatic rings. The Hall–Kier alpha value is -2.14. The minimum atomic E-state index is -0.450. The average Bonchev–Trinajstić information content (AvgIpc) is 2.45. The van der Waals surface area contributed by atoms with Crippen LogP contribution in [0.1, 0.15) is 0 Å². The average molecular weight is 333 g/mol. The molecule has 2 aromatic carbocycles. The van der Waals surface area contributed by atoms with Crippen LogP contribution in [0.25, 0.3) is 10.8 Å². The van der Waals surface area contributed by atoms with Gasteiger partial charge in [0.2, 0.25) is 0 Å². The summed E-state index contributed by atoms with van der Waals surface area (Å²) in [7, 11) is 0. The Morgan fingerprint density at radius 3 is 2.70 bits per heavy atom. The molecule has 0 aliphatic rings. The second kappa shape index (κ2) is 5.09. The van der Waals surface area contributed by atoms with Crippen molar-refractivity contribution in [1.82, 2.24) is 4.98 Å². The van der Waals surface area contributed by atoms with Gasteiger partial charge in [0, 0.05) is 27.6 Å². The standard InChI is InChI=1S/C15H10BrFN2O/c16-10-2-4-13(12(17)7-10)20-14-3-1-9-8-19-6-5-11(9)15(14)18/h1-8H,18H2. The molecule has 0 aliphatic carbocycles. The monoisotopic (exact) mass is 332 g/mol. The fourth-order valence-electron chi connectivity index (χ4n) is 1.94. The van der Waals surface area contributed by atoms with Crippen LogP contribution >= 0.6 is 15.9 Å². The first kappa shape index (κ1) is 12.9. The molecule has 3 nitrogen and oxygen atoms in total. The van der Waals surface area contributed by atoms with Crippen LogP contribution in [0.5, 0.6) is 11.5 Å². The molecule has 5 heteroatoms. The molecule has 0 bridgehead atoms. The van der Waals surface area contributed by atoms with E-state index in [1.54, 1.807) is 36.7 Å². The zero-order valence-corrected chi connectivity index (χ0v) is 11.9. The summed E-state index contributed by atoms with van der Waals surface area (Å²) in [6.45, 7) is 0. The summed E-state index contributed by atoms with van der Waals surface area (Å²) >= 11 is 3.20. The van der Waals surface area contributed by atoms with Gasteiger partial charge in [0.05, 0.1) is 5.69 Å². The Morgan fingerprint density at radius 1 is 1.10 bits per heavy atom. The van der Waals surface area contributed by atoms with Gasteiger partial charge in [-0.3, -0.25) is 4.98 Å². The summed E-state index contributed by atoms with van der Waals surface area (Å²) in [5.41, 5.74) is 6.53. The second-order valence-electron chi connectivity index (χ2n) is 4.25. The number of pyridine rings is 1. The Kier molecular flexibility index (Phi) is 3.28. The summed E-state index contributed by atoms with van der Waals surface area (Å²) in [6.07, 6.45) is 3.37. The van der Waals surface area contributed by atoms with E-state index in [0.29, 0.717) is 15.9 Å². The van der Waals surface area contributed by atoms with E-state index in [1.807, 2.05) is 6.07 Å². The molecule has 3 rings (SSSR count). The zero-order valence-electron chi connectivity index (χ0n) is 10.3. The van der Waals surface area contributed by atoms with Crippen LogP contribution in [0.4, 0.5) is 10.1 Å². The third-order valence-corrected chi connectivity index (χ3v) is 3.43. The highest BCUT2D eigenvalue weighted by Crippen LogP contribution is 2.34. The molecule has 0 spiro atoms. The van der Waals surface area contributed by atoms with E-state index in [4.69, 9.17) is 10.5 Å². The van der Waals surface area contributed by atoms with Crippen molar-refractivity contribution in [1.29, 1.82) is 0 Å². The van der Waals surface area contributed by atoms with Crippen LogP contribution in [0.3, 0.4) is 0 Å². The largest absolute Gasteiger partial charge is 0.452 e. The predicted octanol–water partition coefficient (Wildman–Crippen LogP) is 4.51. The Morgan fingerprint density at radius 2 is 1.90 bits per heavy atom. The van der Waals surface area contributed by atoms with Crippen LogP contribution in [0.2, 0.25) is 0 Å². The van der Waals surface area contributed by atoms with Gasteiger partial charge in [-0.1, -0.05) is 15.9 Å².